The van der Waals surface area contributed by atoms with E-state index >= 15 is 0 Å². The third-order valence-electron chi connectivity index (χ3n) is 4.71. The van der Waals surface area contributed by atoms with Crippen LogP contribution >= 0.6 is 0 Å². The highest BCUT2D eigenvalue weighted by Gasteiger charge is 2.15. The van der Waals surface area contributed by atoms with Crippen LogP contribution in [-0.4, -0.2) is 29.3 Å². The number of nitrogens with one attached hydrogen (secondary N) is 2. The molecule has 0 fully saturated rings. The first-order valence-corrected chi connectivity index (χ1v) is 9.45. The summed E-state index contributed by atoms with van der Waals surface area (Å²) in [5.74, 6) is 0.523. The van der Waals surface area contributed by atoms with Gasteiger partial charge in [0.1, 0.15) is 11.3 Å². The molecule has 0 bridgehead atoms. The molecule has 4 rings (SSSR count). The molecule has 3 aromatic heterocycles. The highest BCUT2D eigenvalue weighted by molar-refractivity contribution is 5.75. The van der Waals surface area contributed by atoms with E-state index in [4.69, 9.17) is 0 Å². The van der Waals surface area contributed by atoms with Gasteiger partial charge in [0.05, 0.1) is 18.3 Å². The largest absolute Gasteiger partial charge is 0.332 e. The van der Waals surface area contributed by atoms with Crippen molar-refractivity contribution in [3.8, 4) is 11.4 Å². The smallest absolute Gasteiger partial charge is 0.330 e. The zero-order valence-electron chi connectivity index (χ0n) is 15.7. The Labute approximate surface area is 160 Å². The Kier molecular flexibility index (Phi) is 4.92. The van der Waals surface area contributed by atoms with Crippen LogP contribution in [0.3, 0.4) is 0 Å². The Morgan fingerprint density at radius 1 is 1.07 bits per heavy atom. The summed E-state index contributed by atoms with van der Waals surface area (Å²) in [5.41, 5.74) is 1.72. The highest BCUT2D eigenvalue weighted by Crippen LogP contribution is 2.18. The van der Waals surface area contributed by atoms with Crippen LogP contribution in [0, 0.1) is 0 Å². The fraction of sp³-hybridized carbons (Fsp3) is 0.300. The van der Waals surface area contributed by atoms with Gasteiger partial charge in [-0.15, -0.1) is 0 Å². The summed E-state index contributed by atoms with van der Waals surface area (Å²) in [5, 5.41) is 4.38. The summed E-state index contributed by atoms with van der Waals surface area (Å²) in [6.45, 7) is 3.27. The topological polar surface area (TPSA) is 101 Å². The van der Waals surface area contributed by atoms with Crippen LogP contribution in [0.1, 0.15) is 31.7 Å². The van der Waals surface area contributed by atoms with E-state index in [2.05, 4.69) is 27.0 Å². The molecule has 0 aliphatic carbocycles. The van der Waals surface area contributed by atoms with E-state index in [-0.39, 0.29) is 0 Å². The molecule has 0 saturated carbocycles. The molecule has 3 heterocycles. The van der Waals surface area contributed by atoms with E-state index in [0.29, 0.717) is 30.1 Å². The summed E-state index contributed by atoms with van der Waals surface area (Å²) in [7, 11) is 0. The number of aryl methyl sites for hydroxylation is 1. The number of imidazole rings is 1. The number of hydrogen-bond donors (Lipinski definition) is 2. The van der Waals surface area contributed by atoms with Crippen LogP contribution in [0.5, 0.6) is 0 Å². The van der Waals surface area contributed by atoms with Gasteiger partial charge in [0, 0.05) is 12.7 Å². The Balaban J connectivity index is 1.68. The molecule has 0 amide bonds. The molecule has 8 nitrogen and oxygen atoms in total. The molecule has 8 heteroatoms. The lowest BCUT2D eigenvalue weighted by molar-refractivity contribution is 0.588. The molecule has 0 aliphatic heterocycles. The maximum absolute atomic E-state index is 12.2. The minimum atomic E-state index is -0.456. The zero-order chi connectivity index (χ0) is 19.5. The molecular formula is C20H22N6O2. The molecule has 0 aliphatic rings. The van der Waals surface area contributed by atoms with Crippen LogP contribution in [0.4, 0.5) is 0 Å². The van der Waals surface area contributed by atoms with Crippen molar-refractivity contribution in [1.29, 1.82) is 0 Å². The van der Waals surface area contributed by atoms with Crippen molar-refractivity contribution in [3.05, 3.63) is 69.1 Å². The van der Waals surface area contributed by atoms with Gasteiger partial charge in [-0.3, -0.25) is 19.0 Å². The second kappa shape index (κ2) is 7.67. The molecule has 4 aromatic rings. The third kappa shape index (κ3) is 3.53. The normalized spacial score (nSPS) is 11.3. The van der Waals surface area contributed by atoms with E-state index in [0.717, 1.165) is 30.4 Å². The quantitative estimate of drug-likeness (QED) is 0.483. The number of aromatic nitrogens is 6. The average Bonchev–Trinajstić information content (AvgIpc) is 3.33. The van der Waals surface area contributed by atoms with Gasteiger partial charge in [-0.05, 0) is 12.0 Å². The Hall–Kier alpha value is -3.42. The van der Waals surface area contributed by atoms with Crippen molar-refractivity contribution >= 4 is 11.2 Å². The predicted molar refractivity (Wildman–Crippen MR) is 107 cm³/mol. The first kappa shape index (κ1) is 18.0. The zero-order valence-corrected chi connectivity index (χ0v) is 15.7. The maximum Gasteiger partial charge on any atom is 0.330 e. The second-order valence-corrected chi connectivity index (χ2v) is 6.81. The van der Waals surface area contributed by atoms with E-state index in [1.165, 1.54) is 4.57 Å². The first-order valence-electron chi connectivity index (χ1n) is 9.45. The summed E-state index contributed by atoms with van der Waals surface area (Å²) in [6.07, 6.45) is 6.49. The Morgan fingerprint density at radius 3 is 2.68 bits per heavy atom. The summed E-state index contributed by atoms with van der Waals surface area (Å²) in [6, 6.07) is 10.0. The minimum absolute atomic E-state index is 0.307. The molecule has 1 aromatic carbocycles. The molecule has 0 saturated heterocycles. The standard InChI is InChI=1S/C20H22N6O2/c1-2-3-7-10-26-18-16(19(27)24-20(26)28)22-17(23-18)15-11-21-25(13-15)12-14-8-5-4-6-9-14/h4-6,8-9,11,13H,2-3,7,10,12H2,1H3,(H,22,23)(H,24,27,28). The Morgan fingerprint density at radius 2 is 1.89 bits per heavy atom. The van der Waals surface area contributed by atoms with Crippen LogP contribution in [0.2, 0.25) is 0 Å². The van der Waals surface area contributed by atoms with E-state index in [1.807, 2.05) is 41.2 Å². The van der Waals surface area contributed by atoms with Gasteiger partial charge in [0.25, 0.3) is 5.56 Å². The lowest BCUT2D eigenvalue weighted by Gasteiger charge is -2.04. The van der Waals surface area contributed by atoms with E-state index in [9.17, 15) is 9.59 Å². The monoisotopic (exact) mass is 378 g/mol. The number of hydrogen-bond acceptors (Lipinski definition) is 4. The number of fused-ring (bicyclic) bond motifs is 1. The minimum Gasteiger partial charge on any atom is -0.332 e. The van der Waals surface area contributed by atoms with E-state index < -0.39 is 11.2 Å². The number of nitrogens with zero attached hydrogens (tertiary/aromatic N) is 4. The van der Waals surface area contributed by atoms with Crippen molar-refractivity contribution in [2.24, 2.45) is 0 Å². The lowest BCUT2D eigenvalue weighted by Crippen LogP contribution is -2.30. The van der Waals surface area contributed by atoms with E-state index in [1.54, 1.807) is 6.20 Å². The third-order valence-corrected chi connectivity index (χ3v) is 4.71. The Bertz CT molecular complexity index is 1200. The van der Waals surface area contributed by atoms with Gasteiger partial charge in [0.15, 0.2) is 5.65 Å². The molecule has 0 radical (unpaired) electrons. The SMILES string of the molecule is CCCCCn1c(=O)[nH]c(=O)c2[nH]c(-c3cnn(Cc4ccccc4)c3)nc21. The van der Waals surface area contributed by atoms with Gasteiger partial charge in [-0.1, -0.05) is 50.1 Å². The summed E-state index contributed by atoms with van der Waals surface area (Å²) in [4.78, 5) is 34.4. The maximum atomic E-state index is 12.2. The van der Waals surface area contributed by atoms with Crippen molar-refractivity contribution < 1.29 is 0 Å². The van der Waals surface area contributed by atoms with Crippen molar-refractivity contribution in [1.82, 2.24) is 29.3 Å². The van der Waals surface area contributed by atoms with Crippen LogP contribution < -0.4 is 11.2 Å². The van der Waals surface area contributed by atoms with Crippen molar-refractivity contribution in [3.63, 3.8) is 0 Å². The van der Waals surface area contributed by atoms with Gasteiger partial charge in [-0.2, -0.15) is 5.10 Å². The van der Waals surface area contributed by atoms with Crippen molar-refractivity contribution in [2.75, 3.05) is 0 Å². The molecule has 28 heavy (non-hydrogen) atoms. The number of unbranched alkanes of at least 4 members (excludes halogenated alkanes) is 2. The number of rotatable bonds is 7. The second-order valence-electron chi connectivity index (χ2n) is 6.81. The lowest BCUT2D eigenvalue weighted by atomic mass is 10.2. The van der Waals surface area contributed by atoms with Crippen LogP contribution in [-0.2, 0) is 13.1 Å². The molecule has 0 atom stereocenters. The fourth-order valence-corrected chi connectivity index (χ4v) is 3.25. The predicted octanol–water partition coefficient (Wildman–Crippen LogP) is 2.51. The van der Waals surface area contributed by atoms with Crippen LogP contribution in [0.15, 0.2) is 52.3 Å². The molecular weight excluding hydrogens is 356 g/mol. The number of benzene rings is 1. The average molecular weight is 378 g/mol. The summed E-state index contributed by atoms with van der Waals surface area (Å²) < 4.78 is 3.34. The molecule has 0 unspecified atom stereocenters. The first-order chi connectivity index (χ1) is 13.7. The number of aromatic amines is 2. The molecule has 0 spiro atoms. The van der Waals surface area contributed by atoms with Crippen molar-refractivity contribution in [2.45, 2.75) is 39.3 Å². The molecule has 144 valence electrons. The van der Waals surface area contributed by atoms with Gasteiger partial charge in [0.2, 0.25) is 0 Å². The molecule has 2 N–H and O–H groups in total. The number of H-pyrrole nitrogens is 2. The summed E-state index contributed by atoms with van der Waals surface area (Å²) >= 11 is 0. The van der Waals surface area contributed by atoms with Gasteiger partial charge < -0.3 is 4.98 Å². The van der Waals surface area contributed by atoms with Crippen LogP contribution in [0.25, 0.3) is 22.6 Å². The van der Waals surface area contributed by atoms with Gasteiger partial charge in [-0.25, -0.2) is 9.78 Å². The van der Waals surface area contributed by atoms with Gasteiger partial charge >= 0.3 is 5.69 Å². The highest BCUT2D eigenvalue weighted by atomic mass is 16.2. The fourth-order valence-electron chi connectivity index (χ4n) is 3.25.